The monoisotopic (exact) mass is 304 g/mol. The molecule has 1 aromatic carbocycles. The maximum absolute atomic E-state index is 11.7. The van der Waals surface area contributed by atoms with Crippen LogP contribution in [0.5, 0.6) is 11.5 Å². The number of rotatable bonds is 7. The highest BCUT2D eigenvalue weighted by Crippen LogP contribution is 2.42. The average molecular weight is 304 g/mol. The molecule has 120 valence electrons. The molecule has 0 saturated carbocycles. The molecule has 1 heterocycles. The lowest BCUT2D eigenvalue weighted by Crippen LogP contribution is -2.14. The zero-order chi connectivity index (χ0) is 16.3. The molecule has 1 aliphatic heterocycles. The summed E-state index contributed by atoms with van der Waals surface area (Å²) in [4.78, 5) is 11.7. The van der Waals surface area contributed by atoms with Gasteiger partial charge in [-0.25, -0.2) is 4.79 Å². The van der Waals surface area contributed by atoms with E-state index in [4.69, 9.17) is 9.47 Å². The van der Waals surface area contributed by atoms with Crippen molar-refractivity contribution in [1.82, 2.24) is 0 Å². The predicted molar refractivity (Wildman–Crippen MR) is 86.1 cm³/mol. The first kappa shape index (κ1) is 16.4. The number of hydrogen-bond donors (Lipinski definition) is 1. The quantitative estimate of drug-likeness (QED) is 0.611. The van der Waals surface area contributed by atoms with Crippen molar-refractivity contribution in [1.29, 1.82) is 0 Å². The molecule has 0 fully saturated rings. The maximum Gasteiger partial charge on any atom is 0.339 e. The lowest BCUT2D eigenvalue weighted by atomic mass is 9.95. The number of unbranched alkanes of at least 4 members (excludes halogenated alkanes) is 2. The van der Waals surface area contributed by atoms with Gasteiger partial charge in [-0.1, -0.05) is 26.3 Å². The number of methoxy groups -OCH3 is 1. The van der Waals surface area contributed by atoms with Crippen LogP contribution in [0.1, 0.15) is 54.6 Å². The number of carboxylic acids is 1. The van der Waals surface area contributed by atoms with Crippen molar-refractivity contribution in [3.05, 3.63) is 34.9 Å². The van der Waals surface area contributed by atoms with Gasteiger partial charge in [-0.15, -0.1) is 0 Å². The van der Waals surface area contributed by atoms with Gasteiger partial charge in [-0.2, -0.15) is 0 Å². The van der Waals surface area contributed by atoms with Crippen LogP contribution in [0.2, 0.25) is 0 Å². The van der Waals surface area contributed by atoms with E-state index in [2.05, 4.69) is 13.5 Å². The van der Waals surface area contributed by atoms with Crippen LogP contribution in [0, 0.1) is 0 Å². The molecular formula is C18H24O4. The Morgan fingerprint density at radius 1 is 1.50 bits per heavy atom. The van der Waals surface area contributed by atoms with Gasteiger partial charge in [-0.05, 0) is 37.0 Å². The number of carboxylic acid groups (broad SMARTS) is 1. The van der Waals surface area contributed by atoms with Gasteiger partial charge in [0, 0.05) is 12.0 Å². The summed E-state index contributed by atoms with van der Waals surface area (Å²) in [5.41, 5.74) is 2.81. The Morgan fingerprint density at radius 3 is 2.77 bits per heavy atom. The van der Waals surface area contributed by atoms with E-state index in [1.54, 1.807) is 7.11 Å². The second-order valence-electron chi connectivity index (χ2n) is 5.84. The number of fused-ring (bicyclic) bond motifs is 1. The highest BCUT2D eigenvalue weighted by molar-refractivity contribution is 5.94. The Hall–Kier alpha value is -1.97. The topological polar surface area (TPSA) is 55.8 Å². The number of benzene rings is 1. The summed E-state index contributed by atoms with van der Waals surface area (Å²) in [6, 6.07) is 1.86. The van der Waals surface area contributed by atoms with Crippen LogP contribution in [-0.4, -0.2) is 24.3 Å². The Bertz CT molecular complexity index is 589. The van der Waals surface area contributed by atoms with Gasteiger partial charge in [0.2, 0.25) is 0 Å². The van der Waals surface area contributed by atoms with Crippen molar-refractivity contribution >= 4 is 5.97 Å². The van der Waals surface area contributed by atoms with Crippen molar-refractivity contribution < 1.29 is 19.4 Å². The largest absolute Gasteiger partial charge is 0.496 e. The molecule has 0 saturated heterocycles. The van der Waals surface area contributed by atoms with Gasteiger partial charge in [0.05, 0.1) is 7.11 Å². The highest BCUT2D eigenvalue weighted by Gasteiger charge is 2.33. The fourth-order valence-electron chi connectivity index (χ4n) is 2.87. The summed E-state index contributed by atoms with van der Waals surface area (Å²) in [6.45, 7) is 7.94. The fraction of sp³-hybridized carbons (Fsp3) is 0.500. The molecule has 0 aromatic heterocycles. The summed E-state index contributed by atoms with van der Waals surface area (Å²) in [7, 11) is 1.61. The number of carbonyl (C=O) groups is 1. The van der Waals surface area contributed by atoms with E-state index in [-0.39, 0.29) is 11.7 Å². The van der Waals surface area contributed by atoms with Crippen molar-refractivity contribution in [3.8, 4) is 11.5 Å². The summed E-state index contributed by atoms with van der Waals surface area (Å²) in [5, 5.41) is 9.63. The molecule has 0 amide bonds. The number of aromatic carboxylic acids is 1. The molecule has 0 radical (unpaired) electrons. The minimum Gasteiger partial charge on any atom is -0.496 e. The van der Waals surface area contributed by atoms with Gasteiger partial charge in [0.1, 0.15) is 23.2 Å². The summed E-state index contributed by atoms with van der Waals surface area (Å²) in [5.74, 6) is 0.245. The van der Waals surface area contributed by atoms with E-state index in [0.717, 1.165) is 48.1 Å². The summed E-state index contributed by atoms with van der Waals surface area (Å²) >= 11 is 0. The van der Waals surface area contributed by atoms with E-state index in [1.165, 1.54) is 0 Å². The van der Waals surface area contributed by atoms with E-state index in [0.29, 0.717) is 12.2 Å². The molecule has 0 bridgehead atoms. The van der Waals surface area contributed by atoms with E-state index >= 15 is 0 Å². The molecular weight excluding hydrogens is 280 g/mol. The van der Waals surface area contributed by atoms with Crippen LogP contribution < -0.4 is 9.47 Å². The zero-order valence-corrected chi connectivity index (χ0v) is 13.6. The zero-order valence-electron chi connectivity index (χ0n) is 13.6. The smallest absolute Gasteiger partial charge is 0.339 e. The Labute approximate surface area is 131 Å². The molecule has 1 atom stereocenters. The molecule has 1 N–H and O–H groups in total. The first-order valence-corrected chi connectivity index (χ1v) is 7.77. The molecule has 22 heavy (non-hydrogen) atoms. The Balaban J connectivity index is 2.47. The minimum absolute atomic E-state index is 0.173. The first-order chi connectivity index (χ1) is 10.5. The van der Waals surface area contributed by atoms with Crippen molar-refractivity contribution in [2.24, 2.45) is 0 Å². The molecule has 1 aliphatic rings. The van der Waals surface area contributed by atoms with Gasteiger partial charge >= 0.3 is 5.97 Å². The van der Waals surface area contributed by atoms with E-state index in [1.807, 2.05) is 13.0 Å². The second-order valence-corrected chi connectivity index (χ2v) is 5.84. The summed E-state index contributed by atoms with van der Waals surface area (Å²) < 4.78 is 11.4. The predicted octanol–water partition coefficient (Wildman–Crippen LogP) is 4.01. The minimum atomic E-state index is -0.937. The molecule has 1 unspecified atom stereocenters. The third kappa shape index (κ3) is 3.11. The van der Waals surface area contributed by atoms with Crippen LogP contribution >= 0.6 is 0 Å². The molecule has 4 nitrogen and oxygen atoms in total. The van der Waals surface area contributed by atoms with Crippen molar-refractivity contribution in [2.45, 2.75) is 52.1 Å². The third-order valence-electron chi connectivity index (χ3n) is 4.11. The van der Waals surface area contributed by atoms with Gasteiger partial charge in [-0.3, -0.25) is 0 Å². The van der Waals surface area contributed by atoms with Crippen LogP contribution in [0.15, 0.2) is 18.2 Å². The number of aryl methyl sites for hydroxylation is 1. The van der Waals surface area contributed by atoms with E-state index < -0.39 is 5.97 Å². The average Bonchev–Trinajstić information content (AvgIpc) is 2.91. The third-order valence-corrected chi connectivity index (χ3v) is 4.11. The molecule has 0 spiro atoms. The first-order valence-electron chi connectivity index (χ1n) is 7.77. The van der Waals surface area contributed by atoms with Gasteiger partial charge in [0.15, 0.2) is 0 Å². The van der Waals surface area contributed by atoms with Gasteiger partial charge in [0.25, 0.3) is 0 Å². The van der Waals surface area contributed by atoms with Crippen molar-refractivity contribution in [3.63, 3.8) is 0 Å². The molecule has 1 aromatic rings. The van der Waals surface area contributed by atoms with Crippen molar-refractivity contribution in [2.75, 3.05) is 7.11 Å². The lowest BCUT2D eigenvalue weighted by Gasteiger charge is -2.14. The van der Waals surface area contributed by atoms with Crippen LogP contribution in [-0.2, 0) is 12.8 Å². The van der Waals surface area contributed by atoms with E-state index in [9.17, 15) is 9.90 Å². The number of hydrogen-bond acceptors (Lipinski definition) is 3. The normalized spacial score (nSPS) is 16.0. The second kappa shape index (κ2) is 6.86. The Morgan fingerprint density at radius 2 is 2.23 bits per heavy atom. The van der Waals surface area contributed by atoms with Crippen LogP contribution in [0.4, 0.5) is 0 Å². The SMILES string of the molecule is C=C(C)C1Cc2c(OC)cc(CCCCC)c(C(=O)O)c2O1. The number of ether oxygens (including phenoxy) is 2. The van der Waals surface area contributed by atoms with Crippen LogP contribution in [0.25, 0.3) is 0 Å². The highest BCUT2D eigenvalue weighted by atomic mass is 16.5. The Kier molecular flexibility index (Phi) is 5.11. The van der Waals surface area contributed by atoms with Crippen LogP contribution in [0.3, 0.4) is 0 Å². The standard InChI is InChI=1S/C18H24O4/c1-5-6-7-8-12-9-15(21-4)13-10-14(11(2)3)22-17(13)16(12)18(19)20/h9,14H,2,5-8,10H2,1,3-4H3,(H,19,20). The fourth-order valence-corrected chi connectivity index (χ4v) is 2.87. The van der Waals surface area contributed by atoms with Gasteiger partial charge < -0.3 is 14.6 Å². The molecule has 4 heteroatoms. The molecule has 2 rings (SSSR count). The maximum atomic E-state index is 11.7. The lowest BCUT2D eigenvalue weighted by molar-refractivity contribution is 0.0690. The summed E-state index contributed by atoms with van der Waals surface area (Å²) in [6.07, 6.45) is 4.30. The molecule has 0 aliphatic carbocycles.